The monoisotopic (exact) mass is 502 g/mol. The Bertz CT molecular complexity index is 1440. The van der Waals surface area contributed by atoms with E-state index in [1.165, 1.54) is 36.4 Å². The summed E-state index contributed by atoms with van der Waals surface area (Å²) in [6.45, 7) is 3.19. The fraction of sp³-hybridized carbons (Fsp3) is 0.273. The maximum absolute atomic E-state index is 12.9. The molecular formula is C22H22N4O6S2. The van der Waals surface area contributed by atoms with Crippen molar-refractivity contribution in [2.75, 3.05) is 18.1 Å². The summed E-state index contributed by atoms with van der Waals surface area (Å²) >= 11 is 1.16. The highest BCUT2D eigenvalue weighted by Crippen LogP contribution is 2.24. The lowest BCUT2D eigenvalue weighted by molar-refractivity contribution is -0.121. The first-order valence-electron chi connectivity index (χ1n) is 10.5. The Hall–Kier alpha value is -3.19. The maximum Gasteiger partial charge on any atom is 0.279 e. The Labute approximate surface area is 199 Å². The summed E-state index contributed by atoms with van der Waals surface area (Å²) in [6.07, 6.45) is 0.353. The number of imide groups is 1. The lowest BCUT2D eigenvalue weighted by Gasteiger charge is -2.13. The van der Waals surface area contributed by atoms with E-state index in [9.17, 15) is 22.8 Å². The number of fused-ring (bicyclic) bond motifs is 1. The number of hydrogen-bond donors (Lipinski definition) is 1. The fourth-order valence-electron chi connectivity index (χ4n) is 3.60. The van der Waals surface area contributed by atoms with Crippen LogP contribution in [0.25, 0.3) is 10.2 Å². The molecule has 1 aliphatic heterocycles. The van der Waals surface area contributed by atoms with E-state index in [4.69, 9.17) is 9.88 Å². The number of anilines is 1. The molecule has 3 aromatic rings. The van der Waals surface area contributed by atoms with E-state index >= 15 is 0 Å². The molecule has 12 heteroatoms. The maximum atomic E-state index is 12.9. The van der Waals surface area contributed by atoms with Crippen molar-refractivity contribution in [1.29, 1.82) is 0 Å². The third-order valence-electron chi connectivity index (χ3n) is 5.27. The van der Waals surface area contributed by atoms with E-state index in [1.54, 1.807) is 10.6 Å². The van der Waals surface area contributed by atoms with Gasteiger partial charge in [0.2, 0.25) is 21.8 Å². The van der Waals surface area contributed by atoms with Crippen LogP contribution in [0.15, 0.2) is 52.4 Å². The van der Waals surface area contributed by atoms with Crippen molar-refractivity contribution in [1.82, 2.24) is 4.57 Å². The van der Waals surface area contributed by atoms with Gasteiger partial charge in [-0.3, -0.25) is 19.3 Å². The Balaban J connectivity index is 1.70. The largest absolute Gasteiger partial charge is 0.380 e. The quantitative estimate of drug-likeness (QED) is 0.386. The second-order valence-electron chi connectivity index (χ2n) is 7.49. The first-order chi connectivity index (χ1) is 16.2. The average molecular weight is 503 g/mol. The minimum Gasteiger partial charge on any atom is -0.380 e. The first kappa shape index (κ1) is 24.0. The Morgan fingerprint density at radius 1 is 1.12 bits per heavy atom. The number of rotatable bonds is 7. The van der Waals surface area contributed by atoms with Crippen LogP contribution in [0.5, 0.6) is 0 Å². The summed E-state index contributed by atoms with van der Waals surface area (Å²) in [5.74, 6) is -1.06. The number of ether oxygens (including phenoxy) is 1. The van der Waals surface area contributed by atoms with Crippen LogP contribution in [0.1, 0.15) is 30.1 Å². The molecule has 0 radical (unpaired) electrons. The van der Waals surface area contributed by atoms with Crippen LogP contribution >= 0.6 is 11.3 Å². The number of hydrogen-bond acceptors (Lipinski definition) is 7. The standard InChI is InChI=1S/C22H22N4O6S2/c1-2-32-12-11-25-17-8-7-16(34(23,30)31)13-18(17)33-22(25)24-21(29)14-3-5-15(6-4-14)26-19(27)9-10-20(26)28/h3-8,13H,2,9-12H2,1H3,(H2,23,30,31). The van der Waals surface area contributed by atoms with Gasteiger partial charge in [0.25, 0.3) is 5.91 Å². The highest BCUT2D eigenvalue weighted by Gasteiger charge is 2.30. The molecule has 0 bridgehead atoms. The molecule has 2 N–H and O–H groups in total. The van der Waals surface area contributed by atoms with Crippen LogP contribution in [-0.4, -0.2) is 43.9 Å². The molecule has 0 atom stereocenters. The van der Waals surface area contributed by atoms with Gasteiger partial charge in [-0.2, -0.15) is 4.99 Å². The van der Waals surface area contributed by atoms with E-state index in [-0.39, 0.29) is 35.1 Å². The molecule has 1 saturated heterocycles. The Morgan fingerprint density at radius 3 is 2.41 bits per heavy atom. The predicted molar refractivity (Wildman–Crippen MR) is 126 cm³/mol. The van der Waals surface area contributed by atoms with Crippen LogP contribution in [0.2, 0.25) is 0 Å². The predicted octanol–water partition coefficient (Wildman–Crippen LogP) is 1.78. The smallest absolute Gasteiger partial charge is 0.279 e. The molecule has 0 spiro atoms. The molecule has 0 aliphatic carbocycles. The van der Waals surface area contributed by atoms with Crippen LogP contribution in [-0.2, 0) is 30.9 Å². The average Bonchev–Trinajstić information content (AvgIpc) is 3.31. The van der Waals surface area contributed by atoms with Gasteiger partial charge >= 0.3 is 0 Å². The van der Waals surface area contributed by atoms with Gasteiger partial charge in [0.15, 0.2) is 4.80 Å². The zero-order chi connectivity index (χ0) is 24.5. The summed E-state index contributed by atoms with van der Waals surface area (Å²) in [6, 6.07) is 10.6. The molecule has 2 heterocycles. The molecule has 1 fully saturated rings. The molecule has 178 valence electrons. The number of nitrogens with zero attached hydrogens (tertiary/aromatic N) is 3. The second-order valence-corrected chi connectivity index (χ2v) is 10.1. The number of primary sulfonamides is 1. The van der Waals surface area contributed by atoms with Gasteiger partial charge in [0.1, 0.15) is 0 Å². The number of carbonyl (C=O) groups excluding carboxylic acids is 3. The molecule has 4 rings (SSSR count). The first-order valence-corrected chi connectivity index (χ1v) is 12.8. The topological polar surface area (TPSA) is 141 Å². The molecule has 0 saturated carbocycles. The summed E-state index contributed by atoms with van der Waals surface area (Å²) in [5.41, 5.74) is 1.39. The lowest BCUT2D eigenvalue weighted by atomic mass is 10.2. The van der Waals surface area contributed by atoms with Crippen LogP contribution < -0.4 is 14.8 Å². The summed E-state index contributed by atoms with van der Waals surface area (Å²) in [5, 5.41) is 5.25. The second kappa shape index (κ2) is 9.58. The normalized spacial score (nSPS) is 15.0. The Kier molecular flexibility index (Phi) is 6.75. The minimum atomic E-state index is -3.88. The van der Waals surface area contributed by atoms with Crippen LogP contribution in [0.3, 0.4) is 0 Å². The highest BCUT2D eigenvalue weighted by molar-refractivity contribution is 7.89. The number of amides is 3. The zero-order valence-corrected chi connectivity index (χ0v) is 19.9. The minimum absolute atomic E-state index is 0.0299. The molecule has 1 aromatic heterocycles. The number of aromatic nitrogens is 1. The van der Waals surface area contributed by atoms with Crippen molar-refractivity contribution in [2.45, 2.75) is 31.2 Å². The lowest BCUT2D eigenvalue weighted by Crippen LogP contribution is -2.28. The number of benzene rings is 2. The van der Waals surface area contributed by atoms with Crippen molar-refractivity contribution >= 4 is 55.0 Å². The molecule has 34 heavy (non-hydrogen) atoms. The van der Waals surface area contributed by atoms with E-state index < -0.39 is 15.9 Å². The summed E-state index contributed by atoms with van der Waals surface area (Å²) in [7, 11) is -3.88. The third-order valence-corrected chi connectivity index (χ3v) is 7.22. The molecule has 1 aliphatic rings. The number of thiazole rings is 1. The molecule has 10 nitrogen and oxygen atoms in total. The zero-order valence-electron chi connectivity index (χ0n) is 18.3. The summed E-state index contributed by atoms with van der Waals surface area (Å²) in [4.78, 5) is 42.5. The summed E-state index contributed by atoms with van der Waals surface area (Å²) < 4.78 is 31.3. The van der Waals surface area contributed by atoms with E-state index in [0.29, 0.717) is 40.5 Å². The molecule has 0 unspecified atom stereocenters. The van der Waals surface area contributed by atoms with Gasteiger partial charge in [-0.15, -0.1) is 0 Å². The number of sulfonamides is 1. The van der Waals surface area contributed by atoms with Gasteiger partial charge in [-0.05, 0) is 49.4 Å². The van der Waals surface area contributed by atoms with Gasteiger partial charge in [-0.25, -0.2) is 13.6 Å². The SMILES string of the molecule is CCOCCn1c(=NC(=O)c2ccc(N3C(=O)CCC3=O)cc2)sc2cc(S(N)(=O)=O)ccc21. The van der Waals surface area contributed by atoms with Crippen molar-refractivity contribution in [2.24, 2.45) is 10.1 Å². The highest BCUT2D eigenvalue weighted by atomic mass is 32.2. The molecular weight excluding hydrogens is 480 g/mol. The number of nitrogens with two attached hydrogens (primary N) is 1. The van der Waals surface area contributed by atoms with Crippen LogP contribution in [0.4, 0.5) is 5.69 Å². The molecule has 2 aromatic carbocycles. The van der Waals surface area contributed by atoms with Gasteiger partial charge in [-0.1, -0.05) is 11.3 Å². The van der Waals surface area contributed by atoms with Crippen molar-refractivity contribution in [3.8, 4) is 0 Å². The van der Waals surface area contributed by atoms with Crippen molar-refractivity contribution in [3.05, 3.63) is 52.8 Å². The van der Waals surface area contributed by atoms with E-state index in [2.05, 4.69) is 4.99 Å². The van der Waals surface area contributed by atoms with Crippen LogP contribution in [0, 0.1) is 0 Å². The van der Waals surface area contributed by atoms with Gasteiger partial charge in [0, 0.05) is 31.6 Å². The van der Waals surface area contributed by atoms with Gasteiger partial charge in [0.05, 0.1) is 27.4 Å². The number of carbonyl (C=O) groups is 3. The van der Waals surface area contributed by atoms with Crippen molar-refractivity contribution in [3.63, 3.8) is 0 Å². The van der Waals surface area contributed by atoms with E-state index in [0.717, 1.165) is 16.2 Å². The third kappa shape index (κ3) is 4.85. The fourth-order valence-corrected chi connectivity index (χ4v) is 5.31. The van der Waals surface area contributed by atoms with E-state index in [1.807, 2.05) is 6.92 Å². The van der Waals surface area contributed by atoms with Crippen molar-refractivity contribution < 1.29 is 27.5 Å². The Morgan fingerprint density at radius 2 is 1.79 bits per heavy atom. The van der Waals surface area contributed by atoms with Gasteiger partial charge < -0.3 is 9.30 Å². The molecule has 3 amide bonds.